The summed E-state index contributed by atoms with van der Waals surface area (Å²) in [5, 5.41) is 0. The number of ether oxygens (including phenoxy) is 2. The molecule has 1 amide bonds. The van der Waals surface area contributed by atoms with E-state index in [0.29, 0.717) is 18.3 Å². The van der Waals surface area contributed by atoms with Gasteiger partial charge in [0.1, 0.15) is 5.69 Å². The maximum atomic E-state index is 13.6. The van der Waals surface area contributed by atoms with Gasteiger partial charge < -0.3 is 9.47 Å². The van der Waals surface area contributed by atoms with Crippen LogP contribution in [0.2, 0.25) is 0 Å². The molecule has 0 saturated heterocycles. The average molecular weight is 418 g/mol. The van der Waals surface area contributed by atoms with E-state index in [1.54, 1.807) is 5.43 Å². The molecule has 2 N–H and O–H groups in total. The third kappa shape index (κ3) is 5.07. The first-order valence-corrected chi connectivity index (χ1v) is 8.56. The first-order chi connectivity index (χ1) is 13.7. The molecule has 0 aliphatic rings. The van der Waals surface area contributed by atoms with Crippen LogP contribution in [0.1, 0.15) is 30.6 Å². The Morgan fingerprint density at radius 2 is 1.55 bits per heavy atom. The van der Waals surface area contributed by atoms with Gasteiger partial charge in [-0.2, -0.15) is 0 Å². The van der Waals surface area contributed by atoms with E-state index in [-0.39, 0.29) is 11.3 Å². The highest BCUT2D eigenvalue weighted by molar-refractivity contribution is 5.95. The van der Waals surface area contributed by atoms with E-state index in [1.165, 1.54) is 25.3 Å². The molecule has 2 aromatic carbocycles. The third-order valence-corrected chi connectivity index (χ3v) is 3.89. The number of rotatable bonds is 8. The number of carbonyl (C=O) groups excluding carboxylic acids is 1. The quantitative estimate of drug-likeness (QED) is 0.285. The molecule has 0 bridgehead atoms. The van der Waals surface area contributed by atoms with Gasteiger partial charge in [0, 0.05) is 5.56 Å². The van der Waals surface area contributed by atoms with Crippen molar-refractivity contribution in [3.63, 3.8) is 0 Å². The highest BCUT2D eigenvalue weighted by Gasteiger charge is 2.26. The van der Waals surface area contributed by atoms with E-state index in [2.05, 4.69) is 0 Å². The second-order valence-electron chi connectivity index (χ2n) is 6.42. The van der Waals surface area contributed by atoms with Crippen molar-refractivity contribution < 1.29 is 36.2 Å². The van der Waals surface area contributed by atoms with Crippen molar-refractivity contribution in [2.75, 3.05) is 19.1 Å². The summed E-state index contributed by atoms with van der Waals surface area (Å²) in [4.78, 5) is 12.2. The lowest BCUT2D eigenvalue weighted by Gasteiger charge is -2.14. The number of hydrogen-bond acceptors (Lipinski definition) is 4. The molecule has 10 heteroatoms. The molecule has 2 aromatic rings. The van der Waals surface area contributed by atoms with Gasteiger partial charge in [-0.15, -0.1) is 0 Å². The van der Waals surface area contributed by atoms with Crippen LogP contribution in [0.25, 0.3) is 0 Å². The van der Waals surface area contributed by atoms with Crippen LogP contribution in [-0.2, 0) is 0 Å². The van der Waals surface area contributed by atoms with Gasteiger partial charge in [0.2, 0.25) is 5.82 Å². The summed E-state index contributed by atoms with van der Waals surface area (Å²) >= 11 is 0. The van der Waals surface area contributed by atoms with Gasteiger partial charge in [0.15, 0.2) is 34.8 Å². The average Bonchev–Trinajstić information content (AvgIpc) is 2.70. The van der Waals surface area contributed by atoms with Gasteiger partial charge in [0.05, 0.1) is 13.7 Å². The van der Waals surface area contributed by atoms with Crippen LogP contribution >= 0.6 is 0 Å². The summed E-state index contributed by atoms with van der Waals surface area (Å²) in [6.45, 7) is 4.50. The van der Waals surface area contributed by atoms with Crippen LogP contribution < -0.4 is 20.3 Å². The molecule has 5 nitrogen and oxygen atoms in total. The van der Waals surface area contributed by atoms with Crippen molar-refractivity contribution in [1.82, 2.24) is 5.43 Å². The van der Waals surface area contributed by atoms with E-state index in [9.17, 15) is 26.7 Å². The van der Waals surface area contributed by atoms with Crippen LogP contribution in [0.5, 0.6) is 11.5 Å². The minimum absolute atomic E-state index is 0.00516. The molecular weight excluding hydrogens is 399 g/mol. The molecule has 0 radical (unpaired) electrons. The summed E-state index contributed by atoms with van der Waals surface area (Å²) in [6.07, 6.45) is 0.803. The van der Waals surface area contributed by atoms with Crippen molar-refractivity contribution in [3.05, 3.63) is 52.8 Å². The Bertz CT molecular complexity index is 877. The second-order valence-corrected chi connectivity index (χ2v) is 6.42. The Morgan fingerprint density at radius 3 is 2.10 bits per heavy atom. The molecule has 158 valence electrons. The monoisotopic (exact) mass is 418 g/mol. The van der Waals surface area contributed by atoms with Crippen molar-refractivity contribution in [2.24, 2.45) is 5.92 Å². The number of carbonyl (C=O) groups is 1. The minimum atomic E-state index is -2.30. The Kier molecular flexibility index (Phi) is 7.24. The fraction of sp³-hybridized carbons (Fsp3) is 0.316. The molecular formula is C19H19F5N2O3. The Hall–Kier alpha value is -3.04. The zero-order valence-corrected chi connectivity index (χ0v) is 15.8. The number of amides is 1. The predicted molar refractivity (Wildman–Crippen MR) is 95.3 cm³/mol. The topological polar surface area (TPSA) is 59.6 Å². The molecule has 0 spiro atoms. The maximum Gasteiger partial charge on any atom is 0.269 e. The van der Waals surface area contributed by atoms with Gasteiger partial charge in [0.25, 0.3) is 5.91 Å². The molecule has 0 saturated carbocycles. The molecule has 0 heterocycles. The number of methoxy groups -OCH3 is 1. The summed E-state index contributed by atoms with van der Waals surface area (Å²) in [5.41, 5.74) is 2.21. The molecule has 0 unspecified atom stereocenters. The van der Waals surface area contributed by atoms with Crippen molar-refractivity contribution in [2.45, 2.75) is 20.3 Å². The molecule has 0 fully saturated rings. The molecule has 0 aromatic heterocycles. The van der Waals surface area contributed by atoms with E-state index < -0.39 is 40.7 Å². The number of halogens is 5. The van der Waals surface area contributed by atoms with Gasteiger partial charge in [-0.1, -0.05) is 13.8 Å². The van der Waals surface area contributed by atoms with Crippen LogP contribution in [-0.4, -0.2) is 19.6 Å². The SMILES string of the molecule is COc1cc(C(=O)NNc2c(F)c(F)c(F)c(F)c2F)ccc1OCCC(C)C. The lowest BCUT2D eigenvalue weighted by molar-refractivity contribution is 0.0962. The molecule has 0 atom stereocenters. The van der Waals surface area contributed by atoms with E-state index >= 15 is 0 Å². The van der Waals surface area contributed by atoms with E-state index in [1.807, 2.05) is 19.3 Å². The van der Waals surface area contributed by atoms with Crippen molar-refractivity contribution >= 4 is 11.6 Å². The maximum absolute atomic E-state index is 13.6. The van der Waals surface area contributed by atoms with E-state index in [4.69, 9.17) is 9.47 Å². The van der Waals surface area contributed by atoms with Gasteiger partial charge in [-0.25, -0.2) is 22.0 Å². The Labute approximate surface area is 163 Å². The lowest BCUT2D eigenvalue weighted by Crippen LogP contribution is -2.31. The van der Waals surface area contributed by atoms with Gasteiger partial charge >= 0.3 is 0 Å². The zero-order valence-electron chi connectivity index (χ0n) is 15.8. The van der Waals surface area contributed by atoms with Crippen LogP contribution in [0.3, 0.4) is 0 Å². The number of nitrogens with one attached hydrogen (secondary N) is 2. The molecule has 2 rings (SSSR count). The number of hydrazine groups is 1. The molecule has 29 heavy (non-hydrogen) atoms. The van der Waals surface area contributed by atoms with Gasteiger partial charge in [-0.3, -0.25) is 15.6 Å². The largest absolute Gasteiger partial charge is 0.493 e. The number of anilines is 1. The van der Waals surface area contributed by atoms with Crippen LogP contribution in [0.15, 0.2) is 18.2 Å². The van der Waals surface area contributed by atoms with Crippen LogP contribution in [0, 0.1) is 35.0 Å². The first kappa shape index (κ1) is 22.3. The smallest absolute Gasteiger partial charge is 0.269 e. The standard InChI is InChI=1S/C19H19F5N2O3/c1-9(2)6-7-29-11-5-4-10(8-12(11)28-3)19(27)26-25-18-16(23)14(21)13(20)15(22)17(18)24/h4-5,8-9,25H,6-7H2,1-3H3,(H,26,27). The fourth-order valence-corrected chi connectivity index (χ4v) is 2.24. The summed E-state index contributed by atoms with van der Waals surface area (Å²) in [6, 6.07) is 4.12. The van der Waals surface area contributed by atoms with Gasteiger partial charge in [-0.05, 0) is 30.5 Å². The van der Waals surface area contributed by atoms with Crippen molar-refractivity contribution in [3.8, 4) is 11.5 Å². The fourth-order valence-electron chi connectivity index (χ4n) is 2.24. The Balaban J connectivity index is 2.14. The third-order valence-electron chi connectivity index (χ3n) is 3.89. The van der Waals surface area contributed by atoms with Crippen LogP contribution in [0.4, 0.5) is 27.6 Å². The minimum Gasteiger partial charge on any atom is -0.493 e. The summed E-state index contributed by atoms with van der Waals surface area (Å²) in [7, 11) is 1.36. The predicted octanol–water partition coefficient (Wildman–Crippen LogP) is 4.57. The first-order valence-electron chi connectivity index (χ1n) is 8.56. The van der Waals surface area contributed by atoms with Crippen molar-refractivity contribution in [1.29, 1.82) is 0 Å². The number of benzene rings is 2. The second kappa shape index (κ2) is 9.44. The molecule has 0 aliphatic carbocycles. The highest BCUT2D eigenvalue weighted by Crippen LogP contribution is 2.29. The summed E-state index contributed by atoms with van der Waals surface area (Å²) in [5.74, 6) is -10.6. The van der Waals surface area contributed by atoms with E-state index in [0.717, 1.165) is 6.42 Å². The summed E-state index contributed by atoms with van der Waals surface area (Å²) < 4.78 is 77.4. The normalized spacial score (nSPS) is 10.8. The Morgan fingerprint density at radius 1 is 0.966 bits per heavy atom. The number of hydrogen-bond donors (Lipinski definition) is 2. The zero-order chi connectivity index (χ0) is 21.7. The lowest BCUT2D eigenvalue weighted by atomic mass is 10.1. The highest BCUT2D eigenvalue weighted by atomic mass is 19.2. The molecule has 0 aliphatic heterocycles.